The van der Waals surface area contributed by atoms with E-state index in [1.54, 1.807) is 24.3 Å². The molecule has 1 aliphatic carbocycles. The predicted molar refractivity (Wildman–Crippen MR) is 73.6 cm³/mol. The van der Waals surface area contributed by atoms with Crippen LogP contribution in [0.2, 0.25) is 0 Å². The van der Waals surface area contributed by atoms with Crippen molar-refractivity contribution in [3.63, 3.8) is 0 Å². The van der Waals surface area contributed by atoms with E-state index < -0.39 is 12.4 Å². The summed E-state index contributed by atoms with van der Waals surface area (Å²) in [6.07, 6.45) is 3.40. The van der Waals surface area contributed by atoms with E-state index in [1.807, 2.05) is 0 Å². The number of para-hydroxylation sites is 2. The van der Waals surface area contributed by atoms with Crippen LogP contribution in [-0.2, 0) is 9.47 Å². The van der Waals surface area contributed by atoms with Crippen molar-refractivity contribution in [3.05, 3.63) is 24.3 Å². The minimum Gasteiger partial charge on any atom is -0.433 e. The normalized spacial score (nSPS) is 21.9. The highest BCUT2D eigenvalue weighted by molar-refractivity contribution is 5.56. The van der Waals surface area contributed by atoms with Crippen molar-refractivity contribution >= 4 is 5.69 Å². The van der Waals surface area contributed by atoms with Gasteiger partial charge in [0.1, 0.15) is 5.75 Å². The van der Waals surface area contributed by atoms with E-state index in [-0.39, 0.29) is 11.8 Å². The van der Waals surface area contributed by atoms with E-state index in [1.165, 1.54) is 0 Å². The van der Waals surface area contributed by atoms with Crippen molar-refractivity contribution in [1.29, 1.82) is 0 Å². The summed E-state index contributed by atoms with van der Waals surface area (Å²) in [6.45, 7) is -1.50. The van der Waals surface area contributed by atoms with Crippen LogP contribution in [0.3, 0.4) is 0 Å². The van der Waals surface area contributed by atoms with Crippen molar-refractivity contribution < 1.29 is 23.0 Å². The Kier molecular flexibility index (Phi) is 4.26. The van der Waals surface area contributed by atoms with Crippen molar-refractivity contribution in [3.8, 4) is 5.75 Å². The highest BCUT2D eigenvalue weighted by Crippen LogP contribution is 2.37. The average Bonchev–Trinajstić information content (AvgIpc) is 2.92. The molecule has 1 N–H and O–H groups in total. The first-order valence-electron chi connectivity index (χ1n) is 7.25. The van der Waals surface area contributed by atoms with Crippen molar-refractivity contribution in [2.45, 2.75) is 44.1 Å². The topological polar surface area (TPSA) is 39.7 Å². The molecule has 2 aliphatic rings. The minimum absolute atomic E-state index is 0.182. The highest BCUT2D eigenvalue weighted by Gasteiger charge is 2.40. The van der Waals surface area contributed by atoms with Crippen LogP contribution < -0.4 is 10.1 Å². The number of benzene rings is 1. The Morgan fingerprint density at radius 2 is 1.81 bits per heavy atom. The molecule has 0 aromatic heterocycles. The number of nitrogens with one attached hydrogen (secondary N) is 1. The molecule has 1 aromatic carbocycles. The summed E-state index contributed by atoms with van der Waals surface area (Å²) in [4.78, 5) is 0. The predicted octanol–water partition coefficient (Wildman–Crippen LogP) is 3.39. The molecule has 4 nitrogen and oxygen atoms in total. The Hall–Kier alpha value is -1.40. The first-order chi connectivity index (χ1) is 10.2. The average molecular weight is 299 g/mol. The number of hydrogen-bond donors (Lipinski definition) is 1. The summed E-state index contributed by atoms with van der Waals surface area (Å²) < 4.78 is 40.7. The third-order valence-electron chi connectivity index (χ3n) is 4.02. The van der Waals surface area contributed by atoms with Gasteiger partial charge < -0.3 is 19.5 Å². The molecule has 1 heterocycles. The van der Waals surface area contributed by atoms with E-state index >= 15 is 0 Å². The Balaban J connectivity index is 1.60. The molecule has 21 heavy (non-hydrogen) atoms. The lowest BCUT2D eigenvalue weighted by Crippen LogP contribution is -2.39. The molecule has 0 amide bonds. The molecular formula is C15H19F2NO3. The Morgan fingerprint density at radius 3 is 2.48 bits per heavy atom. The molecule has 0 bridgehead atoms. The van der Waals surface area contributed by atoms with Crippen molar-refractivity contribution in [1.82, 2.24) is 0 Å². The number of rotatable bonds is 4. The molecule has 1 saturated carbocycles. The van der Waals surface area contributed by atoms with Gasteiger partial charge in [0.05, 0.1) is 18.9 Å². The monoisotopic (exact) mass is 299 g/mol. The number of anilines is 1. The van der Waals surface area contributed by atoms with Gasteiger partial charge in [-0.3, -0.25) is 0 Å². The van der Waals surface area contributed by atoms with Crippen LogP contribution in [0.1, 0.15) is 25.7 Å². The molecule has 116 valence electrons. The maximum Gasteiger partial charge on any atom is 0.387 e. The third kappa shape index (κ3) is 3.44. The van der Waals surface area contributed by atoms with E-state index in [0.29, 0.717) is 18.9 Å². The summed E-state index contributed by atoms with van der Waals surface area (Å²) in [6, 6.07) is 6.99. The Morgan fingerprint density at radius 1 is 1.14 bits per heavy atom. The molecule has 1 aromatic rings. The summed E-state index contributed by atoms with van der Waals surface area (Å²) in [5, 5.41) is 3.29. The fourth-order valence-corrected chi connectivity index (χ4v) is 2.99. The molecule has 1 saturated heterocycles. The molecule has 0 atom stereocenters. The number of halogens is 2. The zero-order valence-corrected chi connectivity index (χ0v) is 11.7. The van der Waals surface area contributed by atoms with Crippen LogP contribution in [0.25, 0.3) is 0 Å². The first kappa shape index (κ1) is 14.5. The molecule has 6 heteroatoms. The van der Waals surface area contributed by atoms with Gasteiger partial charge in [-0.15, -0.1) is 0 Å². The maximum atomic E-state index is 12.4. The van der Waals surface area contributed by atoms with Crippen LogP contribution in [0.15, 0.2) is 24.3 Å². The van der Waals surface area contributed by atoms with Crippen LogP contribution in [-0.4, -0.2) is 31.7 Å². The number of hydrogen-bond acceptors (Lipinski definition) is 4. The molecule has 1 spiro atoms. The van der Waals surface area contributed by atoms with Crippen LogP contribution in [0.4, 0.5) is 14.5 Å². The zero-order valence-electron chi connectivity index (χ0n) is 11.7. The van der Waals surface area contributed by atoms with Gasteiger partial charge in [-0.1, -0.05) is 12.1 Å². The number of ether oxygens (including phenoxy) is 3. The first-order valence-corrected chi connectivity index (χ1v) is 7.25. The Bertz CT molecular complexity index is 468. The van der Waals surface area contributed by atoms with Gasteiger partial charge in [0.15, 0.2) is 5.79 Å². The van der Waals surface area contributed by atoms with Crippen molar-refractivity contribution in [2.24, 2.45) is 0 Å². The molecule has 3 rings (SSSR count). The fraction of sp³-hybridized carbons (Fsp3) is 0.600. The van der Waals surface area contributed by atoms with E-state index in [0.717, 1.165) is 25.7 Å². The van der Waals surface area contributed by atoms with Gasteiger partial charge in [0.25, 0.3) is 0 Å². The lowest BCUT2D eigenvalue weighted by molar-refractivity contribution is -0.177. The second-order valence-corrected chi connectivity index (χ2v) is 5.40. The SMILES string of the molecule is FC(F)Oc1ccccc1NC1CCC2(CC1)OCCO2. The summed E-state index contributed by atoms with van der Waals surface area (Å²) >= 11 is 0. The van der Waals surface area contributed by atoms with E-state index in [2.05, 4.69) is 10.1 Å². The summed E-state index contributed by atoms with van der Waals surface area (Å²) in [5.41, 5.74) is 0.604. The summed E-state index contributed by atoms with van der Waals surface area (Å²) in [7, 11) is 0. The van der Waals surface area contributed by atoms with Gasteiger partial charge in [0, 0.05) is 18.9 Å². The highest BCUT2D eigenvalue weighted by atomic mass is 19.3. The van der Waals surface area contributed by atoms with Gasteiger partial charge in [0.2, 0.25) is 0 Å². The number of alkyl halides is 2. The standard InChI is InChI=1S/C15H19F2NO3/c16-14(17)21-13-4-2-1-3-12(13)18-11-5-7-15(8-6-11)19-9-10-20-15/h1-4,11,14,18H,5-10H2. The van der Waals surface area contributed by atoms with Gasteiger partial charge in [-0.2, -0.15) is 8.78 Å². The van der Waals surface area contributed by atoms with Crippen LogP contribution in [0, 0.1) is 0 Å². The fourth-order valence-electron chi connectivity index (χ4n) is 2.99. The van der Waals surface area contributed by atoms with Crippen LogP contribution >= 0.6 is 0 Å². The van der Waals surface area contributed by atoms with E-state index in [9.17, 15) is 8.78 Å². The second kappa shape index (κ2) is 6.15. The molecule has 0 unspecified atom stereocenters. The minimum atomic E-state index is -2.82. The largest absolute Gasteiger partial charge is 0.433 e. The van der Waals surface area contributed by atoms with Gasteiger partial charge in [-0.05, 0) is 25.0 Å². The quantitative estimate of drug-likeness (QED) is 0.925. The smallest absolute Gasteiger partial charge is 0.387 e. The lowest BCUT2D eigenvalue weighted by Gasteiger charge is -2.36. The molecule has 2 fully saturated rings. The molecule has 1 aliphatic heterocycles. The van der Waals surface area contributed by atoms with Gasteiger partial charge in [-0.25, -0.2) is 0 Å². The van der Waals surface area contributed by atoms with Crippen molar-refractivity contribution in [2.75, 3.05) is 18.5 Å². The molecule has 0 radical (unpaired) electrons. The summed E-state index contributed by atoms with van der Waals surface area (Å²) in [5.74, 6) is -0.224. The Labute approximate surface area is 122 Å². The van der Waals surface area contributed by atoms with E-state index in [4.69, 9.17) is 9.47 Å². The van der Waals surface area contributed by atoms with Gasteiger partial charge >= 0.3 is 6.61 Å². The maximum absolute atomic E-state index is 12.4. The lowest BCUT2D eigenvalue weighted by atomic mass is 9.90. The third-order valence-corrected chi connectivity index (χ3v) is 4.02. The molecular weight excluding hydrogens is 280 g/mol. The zero-order chi connectivity index (χ0) is 14.7. The van der Waals surface area contributed by atoms with Crippen LogP contribution in [0.5, 0.6) is 5.75 Å². The second-order valence-electron chi connectivity index (χ2n) is 5.40.